The SMILES string of the molecule is O=S(=O)(c1cccc(C#CCO)c1)N1CCC(CCO)C1. The van der Waals surface area contributed by atoms with Gasteiger partial charge in [0.25, 0.3) is 0 Å². The van der Waals surface area contributed by atoms with Crippen molar-refractivity contribution in [3.05, 3.63) is 29.8 Å². The van der Waals surface area contributed by atoms with Crippen LogP contribution in [0.1, 0.15) is 18.4 Å². The van der Waals surface area contributed by atoms with E-state index >= 15 is 0 Å². The first-order valence-electron chi connectivity index (χ1n) is 6.88. The monoisotopic (exact) mass is 309 g/mol. The first kappa shape index (κ1) is 16.0. The Labute approximate surface area is 125 Å². The van der Waals surface area contributed by atoms with E-state index in [0.717, 1.165) is 6.42 Å². The number of hydrogen-bond acceptors (Lipinski definition) is 4. The molecular formula is C15H19NO4S. The van der Waals surface area contributed by atoms with Crippen molar-refractivity contribution in [2.24, 2.45) is 5.92 Å². The van der Waals surface area contributed by atoms with E-state index in [-0.39, 0.29) is 24.0 Å². The molecule has 0 radical (unpaired) electrons. The fourth-order valence-corrected chi connectivity index (χ4v) is 4.04. The molecule has 0 spiro atoms. The van der Waals surface area contributed by atoms with Crippen LogP contribution in [-0.2, 0) is 10.0 Å². The van der Waals surface area contributed by atoms with Crippen molar-refractivity contribution in [2.45, 2.75) is 17.7 Å². The fraction of sp³-hybridized carbons (Fsp3) is 0.467. The second kappa shape index (κ2) is 7.05. The average molecular weight is 309 g/mol. The van der Waals surface area contributed by atoms with Crippen LogP contribution in [0, 0.1) is 17.8 Å². The van der Waals surface area contributed by atoms with Gasteiger partial charge in [-0.05, 0) is 37.0 Å². The van der Waals surface area contributed by atoms with Gasteiger partial charge in [-0.15, -0.1) is 0 Å². The molecule has 5 nitrogen and oxygen atoms in total. The van der Waals surface area contributed by atoms with Gasteiger partial charge in [0.15, 0.2) is 0 Å². The predicted molar refractivity (Wildman–Crippen MR) is 79.0 cm³/mol. The molecule has 114 valence electrons. The molecule has 0 aliphatic carbocycles. The summed E-state index contributed by atoms with van der Waals surface area (Å²) in [6, 6.07) is 6.44. The maximum absolute atomic E-state index is 12.6. The Morgan fingerprint density at radius 2 is 2.14 bits per heavy atom. The van der Waals surface area contributed by atoms with Gasteiger partial charge >= 0.3 is 0 Å². The third kappa shape index (κ3) is 3.83. The third-order valence-electron chi connectivity index (χ3n) is 3.57. The van der Waals surface area contributed by atoms with Crippen LogP contribution >= 0.6 is 0 Å². The summed E-state index contributed by atoms with van der Waals surface area (Å²) in [5, 5.41) is 17.6. The van der Waals surface area contributed by atoms with Gasteiger partial charge < -0.3 is 10.2 Å². The molecule has 1 fully saturated rings. The van der Waals surface area contributed by atoms with Crippen molar-refractivity contribution < 1.29 is 18.6 Å². The Morgan fingerprint density at radius 3 is 2.86 bits per heavy atom. The topological polar surface area (TPSA) is 77.8 Å². The number of rotatable bonds is 4. The first-order valence-corrected chi connectivity index (χ1v) is 8.32. The minimum absolute atomic E-state index is 0.0881. The van der Waals surface area contributed by atoms with Crippen molar-refractivity contribution in [1.82, 2.24) is 4.31 Å². The molecule has 1 aromatic carbocycles. The molecule has 1 aromatic rings. The van der Waals surface area contributed by atoms with E-state index in [1.165, 1.54) is 10.4 Å². The van der Waals surface area contributed by atoms with Gasteiger partial charge in [0, 0.05) is 25.3 Å². The van der Waals surface area contributed by atoms with Crippen LogP contribution in [0.3, 0.4) is 0 Å². The highest BCUT2D eigenvalue weighted by Crippen LogP contribution is 2.26. The molecule has 2 rings (SSSR count). The van der Waals surface area contributed by atoms with Crippen molar-refractivity contribution in [1.29, 1.82) is 0 Å². The van der Waals surface area contributed by atoms with Crippen molar-refractivity contribution in [3.8, 4) is 11.8 Å². The van der Waals surface area contributed by atoms with E-state index < -0.39 is 10.0 Å². The third-order valence-corrected chi connectivity index (χ3v) is 5.43. The molecule has 0 saturated carbocycles. The van der Waals surface area contributed by atoms with E-state index in [9.17, 15) is 8.42 Å². The number of aliphatic hydroxyl groups excluding tert-OH is 2. The maximum atomic E-state index is 12.6. The molecule has 1 atom stereocenters. The molecule has 1 heterocycles. The Balaban J connectivity index is 2.20. The largest absolute Gasteiger partial charge is 0.396 e. The van der Waals surface area contributed by atoms with Crippen molar-refractivity contribution in [2.75, 3.05) is 26.3 Å². The lowest BCUT2D eigenvalue weighted by Crippen LogP contribution is -2.29. The summed E-state index contributed by atoms with van der Waals surface area (Å²) in [6.45, 7) is 0.770. The maximum Gasteiger partial charge on any atom is 0.243 e. The van der Waals surface area contributed by atoms with Gasteiger partial charge in [-0.1, -0.05) is 17.9 Å². The molecule has 6 heteroatoms. The van der Waals surface area contributed by atoms with Crippen molar-refractivity contribution >= 4 is 10.0 Å². The van der Waals surface area contributed by atoms with E-state index in [4.69, 9.17) is 10.2 Å². The summed E-state index contributed by atoms with van der Waals surface area (Å²) in [7, 11) is -3.52. The average Bonchev–Trinajstić information content (AvgIpc) is 2.95. The summed E-state index contributed by atoms with van der Waals surface area (Å²) < 4.78 is 26.6. The van der Waals surface area contributed by atoms with Crippen LogP contribution in [-0.4, -0.2) is 49.2 Å². The summed E-state index contributed by atoms with van der Waals surface area (Å²) in [6.07, 6.45) is 1.41. The zero-order valence-electron chi connectivity index (χ0n) is 11.7. The molecule has 0 aromatic heterocycles. The summed E-state index contributed by atoms with van der Waals surface area (Å²) in [5.41, 5.74) is 0.566. The van der Waals surface area contributed by atoms with E-state index in [1.54, 1.807) is 18.2 Å². The van der Waals surface area contributed by atoms with Crippen LogP contribution in [0.5, 0.6) is 0 Å². The van der Waals surface area contributed by atoms with Gasteiger partial charge in [0.2, 0.25) is 10.0 Å². The molecule has 0 amide bonds. The Hall–Kier alpha value is -1.39. The quantitative estimate of drug-likeness (QED) is 0.790. The number of sulfonamides is 1. The minimum atomic E-state index is -3.52. The van der Waals surface area contributed by atoms with Crippen LogP contribution in [0.15, 0.2) is 29.2 Å². The standard InChI is InChI=1S/C15H19NO4S/c17-9-2-4-13-3-1-5-15(11-13)21(19,20)16-8-6-14(12-16)7-10-18/h1,3,5,11,14,17-18H,6-10,12H2. The van der Waals surface area contributed by atoms with Crippen LogP contribution in [0.25, 0.3) is 0 Å². The second-order valence-electron chi connectivity index (χ2n) is 5.02. The highest BCUT2D eigenvalue weighted by molar-refractivity contribution is 7.89. The second-order valence-corrected chi connectivity index (χ2v) is 6.96. The number of nitrogens with zero attached hydrogens (tertiary/aromatic N) is 1. The fourth-order valence-electron chi connectivity index (χ4n) is 2.46. The lowest BCUT2D eigenvalue weighted by Gasteiger charge is -2.16. The Kier molecular flexibility index (Phi) is 5.37. The highest BCUT2D eigenvalue weighted by Gasteiger charge is 2.32. The molecule has 1 aliphatic heterocycles. The first-order chi connectivity index (χ1) is 10.1. The zero-order valence-corrected chi connectivity index (χ0v) is 12.5. The van der Waals surface area contributed by atoms with Crippen molar-refractivity contribution in [3.63, 3.8) is 0 Å². The molecule has 1 unspecified atom stereocenters. The smallest absolute Gasteiger partial charge is 0.243 e. The Bertz CT molecular complexity index is 645. The Morgan fingerprint density at radius 1 is 1.33 bits per heavy atom. The molecular weight excluding hydrogens is 290 g/mol. The molecule has 1 aliphatic rings. The molecule has 21 heavy (non-hydrogen) atoms. The summed E-state index contributed by atoms with van der Waals surface area (Å²) in [5.74, 6) is 5.44. The zero-order chi connectivity index (χ0) is 15.3. The van der Waals surface area contributed by atoms with Gasteiger partial charge in [0.1, 0.15) is 6.61 Å². The number of aliphatic hydroxyl groups is 2. The summed E-state index contributed by atoms with van der Waals surface area (Å²) in [4.78, 5) is 0.219. The van der Waals surface area contributed by atoms with E-state index in [1.807, 2.05) is 0 Å². The predicted octanol–water partition coefficient (Wildman–Crippen LogP) is 0.423. The van der Waals surface area contributed by atoms with Crippen LogP contribution in [0.4, 0.5) is 0 Å². The lowest BCUT2D eigenvalue weighted by atomic mass is 10.1. The van der Waals surface area contributed by atoms with Crippen LogP contribution < -0.4 is 0 Å². The highest BCUT2D eigenvalue weighted by atomic mass is 32.2. The number of benzene rings is 1. The van der Waals surface area contributed by atoms with Gasteiger partial charge in [-0.3, -0.25) is 0 Å². The van der Waals surface area contributed by atoms with Crippen LogP contribution in [0.2, 0.25) is 0 Å². The van der Waals surface area contributed by atoms with E-state index in [0.29, 0.717) is 25.1 Å². The molecule has 0 bridgehead atoms. The van der Waals surface area contributed by atoms with Gasteiger partial charge in [-0.25, -0.2) is 8.42 Å². The van der Waals surface area contributed by atoms with Gasteiger partial charge in [0.05, 0.1) is 4.90 Å². The van der Waals surface area contributed by atoms with Gasteiger partial charge in [-0.2, -0.15) is 4.31 Å². The normalized spacial score (nSPS) is 19.2. The molecule has 1 saturated heterocycles. The summed E-state index contributed by atoms with van der Waals surface area (Å²) >= 11 is 0. The number of hydrogen-bond donors (Lipinski definition) is 2. The molecule has 2 N–H and O–H groups in total. The van der Waals surface area contributed by atoms with E-state index in [2.05, 4.69) is 11.8 Å². The minimum Gasteiger partial charge on any atom is -0.396 e. The lowest BCUT2D eigenvalue weighted by molar-refractivity contribution is 0.259.